The van der Waals surface area contributed by atoms with Gasteiger partial charge in [0.25, 0.3) is 5.24 Å². The number of ether oxygens (including phenoxy) is 1. The molecule has 1 fully saturated rings. The standard InChI is InChI=1S/C12H14ClNO2/c13-12(15)11-3-1-10(2-4-11)9-14-5-7-16-8-6-14/h1-4H,5-9H2. The van der Waals surface area contributed by atoms with Crippen molar-refractivity contribution in [3.8, 4) is 0 Å². The molecule has 0 amide bonds. The van der Waals surface area contributed by atoms with E-state index in [9.17, 15) is 4.79 Å². The average molecular weight is 240 g/mol. The Morgan fingerprint density at radius 3 is 2.44 bits per heavy atom. The SMILES string of the molecule is O=C(Cl)c1ccc(CN2CCOCC2)cc1. The van der Waals surface area contributed by atoms with Crippen molar-refractivity contribution in [2.24, 2.45) is 0 Å². The predicted octanol–water partition coefficient (Wildman–Crippen LogP) is 1.90. The molecule has 1 aliphatic rings. The molecule has 1 aromatic rings. The molecular formula is C12H14ClNO2. The lowest BCUT2D eigenvalue weighted by Gasteiger charge is -2.26. The van der Waals surface area contributed by atoms with E-state index >= 15 is 0 Å². The second-order valence-corrected chi connectivity index (χ2v) is 4.20. The summed E-state index contributed by atoms with van der Waals surface area (Å²) in [6.45, 7) is 4.45. The van der Waals surface area contributed by atoms with Crippen molar-refractivity contribution in [2.45, 2.75) is 6.54 Å². The first-order chi connectivity index (χ1) is 7.75. The number of carbonyl (C=O) groups is 1. The minimum absolute atomic E-state index is 0.405. The molecule has 3 nitrogen and oxygen atoms in total. The molecule has 86 valence electrons. The van der Waals surface area contributed by atoms with Gasteiger partial charge in [-0.25, -0.2) is 0 Å². The highest BCUT2D eigenvalue weighted by atomic mass is 35.5. The molecule has 0 saturated carbocycles. The predicted molar refractivity (Wildman–Crippen MR) is 62.7 cm³/mol. The van der Waals surface area contributed by atoms with Gasteiger partial charge in [-0.2, -0.15) is 0 Å². The zero-order chi connectivity index (χ0) is 11.4. The van der Waals surface area contributed by atoms with E-state index in [0.717, 1.165) is 32.8 Å². The third-order valence-corrected chi connectivity index (χ3v) is 2.91. The number of nitrogens with zero attached hydrogens (tertiary/aromatic N) is 1. The Kier molecular flexibility index (Phi) is 3.93. The fourth-order valence-electron chi connectivity index (χ4n) is 1.76. The first kappa shape index (κ1) is 11.6. The van der Waals surface area contributed by atoms with Crippen molar-refractivity contribution in [2.75, 3.05) is 26.3 Å². The Bertz CT molecular complexity index is 358. The van der Waals surface area contributed by atoms with E-state index in [1.54, 1.807) is 12.1 Å². The highest BCUT2D eigenvalue weighted by Crippen LogP contribution is 2.10. The Morgan fingerprint density at radius 2 is 1.88 bits per heavy atom. The van der Waals surface area contributed by atoms with Crippen LogP contribution in [0.5, 0.6) is 0 Å². The first-order valence-corrected chi connectivity index (χ1v) is 5.72. The third kappa shape index (κ3) is 3.04. The van der Waals surface area contributed by atoms with E-state index in [0.29, 0.717) is 5.56 Å². The van der Waals surface area contributed by atoms with Crippen molar-refractivity contribution in [3.05, 3.63) is 35.4 Å². The van der Waals surface area contributed by atoms with Crippen molar-refractivity contribution in [3.63, 3.8) is 0 Å². The zero-order valence-corrected chi connectivity index (χ0v) is 9.74. The Morgan fingerprint density at radius 1 is 1.25 bits per heavy atom. The zero-order valence-electron chi connectivity index (χ0n) is 8.99. The summed E-state index contributed by atoms with van der Waals surface area (Å²) in [5.74, 6) is 0. The summed E-state index contributed by atoms with van der Waals surface area (Å²) in [6, 6.07) is 7.44. The molecule has 1 aliphatic heterocycles. The Balaban J connectivity index is 1.96. The largest absolute Gasteiger partial charge is 0.379 e. The van der Waals surface area contributed by atoms with E-state index in [2.05, 4.69) is 4.90 Å². The smallest absolute Gasteiger partial charge is 0.252 e. The summed E-state index contributed by atoms with van der Waals surface area (Å²) in [5.41, 5.74) is 1.75. The normalized spacial score (nSPS) is 17.3. The monoisotopic (exact) mass is 239 g/mol. The molecule has 0 atom stereocenters. The molecule has 0 aliphatic carbocycles. The lowest BCUT2D eigenvalue weighted by Crippen LogP contribution is -2.35. The number of halogens is 1. The third-order valence-electron chi connectivity index (χ3n) is 2.69. The summed E-state index contributed by atoms with van der Waals surface area (Å²) in [6.07, 6.45) is 0. The molecule has 0 bridgehead atoms. The maximum Gasteiger partial charge on any atom is 0.252 e. The van der Waals surface area contributed by atoms with Crippen molar-refractivity contribution in [1.82, 2.24) is 4.90 Å². The molecule has 0 radical (unpaired) electrons. The molecule has 2 rings (SSSR count). The quantitative estimate of drug-likeness (QED) is 0.755. The number of morpholine rings is 1. The van der Waals surface area contributed by atoms with Gasteiger partial charge in [-0.1, -0.05) is 12.1 Å². The van der Waals surface area contributed by atoms with Crippen LogP contribution < -0.4 is 0 Å². The fourth-order valence-corrected chi connectivity index (χ4v) is 1.88. The topological polar surface area (TPSA) is 29.5 Å². The highest BCUT2D eigenvalue weighted by molar-refractivity contribution is 6.67. The van der Waals surface area contributed by atoms with E-state index in [1.165, 1.54) is 5.56 Å². The Labute approximate surface area is 100.0 Å². The maximum absolute atomic E-state index is 10.9. The molecule has 16 heavy (non-hydrogen) atoms. The van der Waals surface area contributed by atoms with Crippen LogP contribution in [0.2, 0.25) is 0 Å². The van der Waals surface area contributed by atoms with Gasteiger partial charge in [0.05, 0.1) is 13.2 Å². The molecule has 0 spiro atoms. The molecule has 1 saturated heterocycles. The van der Waals surface area contributed by atoms with Gasteiger partial charge in [-0.15, -0.1) is 0 Å². The van der Waals surface area contributed by atoms with Crippen LogP contribution in [0.3, 0.4) is 0 Å². The minimum atomic E-state index is -0.405. The van der Waals surface area contributed by atoms with Gasteiger partial charge >= 0.3 is 0 Å². The van der Waals surface area contributed by atoms with Crippen LogP contribution in [-0.4, -0.2) is 36.4 Å². The molecule has 0 N–H and O–H groups in total. The summed E-state index contributed by atoms with van der Waals surface area (Å²) < 4.78 is 5.28. The van der Waals surface area contributed by atoms with Crippen LogP contribution >= 0.6 is 11.6 Å². The molecule has 4 heteroatoms. The first-order valence-electron chi connectivity index (χ1n) is 5.34. The average Bonchev–Trinajstić information content (AvgIpc) is 2.31. The lowest BCUT2D eigenvalue weighted by atomic mass is 10.1. The van der Waals surface area contributed by atoms with Gasteiger partial charge < -0.3 is 4.74 Å². The number of benzene rings is 1. The van der Waals surface area contributed by atoms with Crippen LogP contribution in [0.1, 0.15) is 15.9 Å². The highest BCUT2D eigenvalue weighted by Gasteiger charge is 2.10. The van der Waals surface area contributed by atoms with E-state index in [4.69, 9.17) is 16.3 Å². The number of rotatable bonds is 3. The minimum Gasteiger partial charge on any atom is -0.379 e. The van der Waals surface area contributed by atoms with Crippen molar-refractivity contribution >= 4 is 16.8 Å². The number of hydrogen-bond acceptors (Lipinski definition) is 3. The van der Waals surface area contributed by atoms with Crippen LogP contribution in [0.15, 0.2) is 24.3 Å². The van der Waals surface area contributed by atoms with Gasteiger partial charge in [0.1, 0.15) is 0 Å². The van der Waals surface area contributed by atoms with Gasteiger partial charge in [0.15, 0.2) is 0 Å². The van der Waals surface area contributed by atoms with Crippen molar-refractivity contribution in [1.29, 1.82) is 0 Å². The van der Waals surface area contributed by atoms with E-state index in [-0.39, 0.29) is 0 Å². The summed E-state index contributed by atoms with van der Waals surface area (Å²) in [5, 5.41) is -0.405. The van der Waals surface area contributed by atoms with Gasteiger partial charge in [0, 0.05) is 25.2 Å². The van der Waals surface area contributed by atoms with Crippen LogP contribution in [0.4, 0.5) is 0 Å². The number of carbonyl (C=O) groups excluding carboxylic acids is 1. The maximum atomic E-state index is 10.9. The van der Waals surface area contributed by atoms with E-state index in [1.807, 2.05) is 12.1 Å². The molecule has 0 unspecified atom stereocenters. The van der Waals surface area contributed by atoms with E-state index < -0.39 is 5.24 Å². The molecule has 1 heterocycles. The second-order valence-electron chi connectivity index (χ2n) is 3.86. The second kappa shape index (κ2) is 5.43. The summed E-state index contributed by atoms with van der Waals surface area (Å²) in [4.78, 5) is 13.2. The lowest BCUT2D eigenvalue weighted by molar-refractivity contribution is 0.0342. The summed E-state index contributed by atoms with van der Waals surface area (Å²) >= 11 is 5.38. The van der Waals surface area contributed by atoms with Crippen LogP contribution in [0, 0.1) is 0 Å². The van der Waals surface area contributed by atoms with Gasteiger partial charge in [0.2, 0.25) is 0 Å². The Hall–Kier alpha value is -0.900. The molecular weight excluding hydrogens is 226 g/mol. The van der Waals surface area contributed by atoms with Crippen LogP contribution in [-0.2, 0) is 11.3 Å². The molecule has 1 aromatic carbocycles. The van der Waals surface area contributed by atoms with Gasteiger partial charge in [-0.3, -0.25) is 9.69 Å². The van der Waals surface area contributed by atoms with Crippen molar-refractivity contribution < 1.29 is 9.53 Å². The van der Waals surface area contributed by atoms with Crippen LogP contribution in [0.25, 0.3) is 0 Å². The summed E-state index contributed by atoms with van der Waals surface area (Å²) in [7, 11) is 0. The fraction of sp³-hybridized carbons (Fsp3) is 0.417. The number of hydrogen-bond donors (Lipinski definition) is 0. The van der Waals surface area contributed by atoms with Gasteiger partial charge in [-0.05, 0) is 29.3 Å². The molecule has 0 aromatic heterocycles.